The Balaban J connectivity index is 1.52. The molecule has 0 saturated carbocycles. The number of hydrogen-bond donors (Lipinski definition) is 1. The number of rotatable bonds is 4. The molecule has 0 unspecified atom stereocenters. The lowest BCUT2D eigenvalue weighted by molar-refractivity contribution is 0.0742. The van der Waals surface area contributed by atoms with Crippen LogP contribution in [0.1, 0.15) is 34.1 Å². The predicted molar refractivity (Wildman–Crippen MR) is 124 cm³/mol. The maximum absolute atomic E-state index is 15.0. The molecule has 1 aromatic carbocycles. The molecule has 0 bridgehead atoms. The summed E-state index contributed by atoms with van der Waals surface area (Å²) < 4.78 is 17.4. The second-order valence-electron chi connectivity index (χ2n) is 8.40. The van der Waals surface area contributed by atoms with Gasteiger partial charge in [0.1, 0.15) is 11.6 Å². The first kappa shape index (κ1) is 22.6. The summed E-state index contributed by atoms with van der Waals surface area (Å²) in [5, 5.41) is 10.2. The van der Waals surface area contributed by atoms with Crippen molar-refractivity contribution in [3.05, 3.63) is 69.1 Å². The van der Waals surface area contributed by atoms with Crippen LogP contribution >= 0.6 is 0 Å². The second kappa shape index (κ2) is 8.73. The topological polar surface area (TPSA) is 83.6 Å². The fraction of sp³-hybridized carbons (Fsp3) is 0.375. The minimum absolute atomic E-state index is 0.0388. The number of amides is 1. The molecule has 0 spiro atoms. The molecule has 1 fully saturated rings. The number of aryl methyl sites for hydroxylation is 2. The Morgan fingerprint density at radius 2 is 1.85 bits per heavy atom. The van der Waals surface area contributed by atoms with Gasteiger partial charge in [0.25, 0.3) is 5.91 Å². The molecule has 1 N–H and O–H groups in total. The maximum atomic E-state index is 15.0. The fourth-order valence-electron chi connectivity index (χ4n) is 4.38. The van der Waals surface area contributed by atoms with E-state index in [1.165, 1.54) is 29.8 Å². The number of imidazole rings is 1. The number of pyridine rings is 1. The number of nitrogens with zero attached hydrogens (tertiary/aromatic N) is 5. The van der Waals surface area contributed by atoms with Crippen molar-refractivity contribution in [1.29, 1.82) is 0 Å². The molecule has 4 rings (SSSR count). The summed E-state index contributed by atoms with van der Waals surface area (Å²) in [6.45, 7) is 7.96. The van der Waals surface area contributed by atoms with E-state index in [4.69, 9.17) is 0 Å². The molecule has 0 atom stereocenters. The van der Waals surface area contributed by atoms with Crippen LogP contribution in [-0.4, -0.2) is 56.2 Å². The van der Waals surface area contributed by atoms with E-state index in [0.29, 0.717) is 38.3 Å². The van der Waals surface area contributed by atoms with Crippen LogP contribution in [0.15, 0.2) is 35.3 Å². The van der Waals surface area contributed by atoms with Crippen LogP contribution in [0, 0.1) is 19.7 Å². The van der Waals surface area contributed by atoms with Crippen molar-refractivity contribution in [2.75, 3.05) is 31.1 Å². The van der Waals surface area contributed by atoms with Crippen molar-refractivity contribution in [3.8, 4) is 11.6 Å². The summed E-state index contributed by atoms with van der Waals surface area (Å²) in [6, 6.07) is 6.19. The van der Waals surface area contributed by atoms with Crippen molar-refractivity contribution in [1.82, 2.24) is 19.0 Å². The highest BCUT2D eigenvalue weighted by Gasteiger charge is 2.26. The number of carbonyl (C=O) groups excluding carboxylic acids is 1. The van der Waals surface area contributed by atoms with Crippen molar-refractivity contribution < 1.29 is 14.3 Å². The molecule has 0 radical (unpaired) electrons. The maximum Gasteiger partial charge on any atom is 0.335 e. The third-order valence-electron chi connectivity index (χ3n) is 6.15. The Kier molecular flexibility index (Phi) is 5.97. The normalized spacial score (nSPS) is 14.1. The Morgan fingerprint density at radius 1 is 1.15 bits per heavy atom. The Labute approximate surface area is 191 Å². The number of aromatic nitrogens is 3. The van der Waals surface area contributed by atoms with Gasteiger partial charge in [-0.1, -0.05) is 13.0 Å². The number of piperazine rings is 1. The third kappa shape index (κ3) is 3.99. The lowest BCUT2D eigenvalue weighted by Gasteiger charge is -2.36. The van der Waals surface area contributed by atoms with Crippen molar-refractivity contribution in [2.24, 2.45) is 7.05 Å². The summed E-state index contributed by atoms with van der Waals surface area (Å²) in [4.78, 5) is 33.8. The SMILES string of the molecule is CCc1c(O)n(C)c(=O)n1-c1ccc(C(=O)N2CCN(c3ncc(C)cc3C)CC2)c(F)c1. The molecule has 1 aliphatic heterocycles. The summed E-state index contributed by atoms with van der Waals surface area (Å²) in [7, 11) is 1.45. The molecule has 33 heavy (non-hydrogen) atoms. The summed E-state index contributed by atoms with van der Waals surface area (Å²) in [6.07, 6.45) is 2.22. The minimum atomic E-state index is -0.701. The number of anilines is 1. The standard InChI is InChI=1S/C24H28FN5O3/c1-5-20-23(32)27(4)24(33)30(20)17-6-7-18(19(25)13-17)22(31)29-10-8-28(9-11-29)21-16(3)12-15(2)14-26-21/h6-7,12-14,32H,5,8-11H2,1-4H3. The average molecular weight is 454 g/mol. The van der Waals surface area contributed by atoms with Crippen LogP contribution in [0.25, 0.3) is 5.69 Å². The molecule has 8 nitrogen and oxygen atoms in total. The van der Waals surface area contributed by atoms with Gasteiger partial charge in [0.05, 0.1) is 16.9 Å². The van der Waals surface area contributed by atoms with Gasteiger partial charge >= 0.3 is 5.69 Å². The number of carbonyl (C=O) groups is 1. The first-order chi connectivity index (χ1) is 15.7. The van der Waals surface area contributed by atoms with Crippen LogP contribution in [0.5, 0.6) is 5.88 Å². The minimum Gasteiger partial charge on any atom is -0.493 e. The highest BCUT2D eigenvalue weighted by atomic mass is 19.1. The van der Waals surface area contributed by atoms with Gasteiger partial charge in [-0.15, -0.1) is 0 Å². The lowest BCUT2D eigenvalue weighted by atomic mass is 10.1. The van der Waals surface area contributed by atoms with Gasteiger partial charge in [0, 0.05) is 39.4 Å². The molecule has 2 aromatic heterocycles. The van der Waals surface area contributed by atoms with Crippen LogP contribution in [0.4, 0.5) is 10.2 Å². The average Bonchev–Trinajstić information content (AvgIpc) is 3.02. The van der Waals surface area contributed by atoms with Crippen molar-refractivity contribution >= 4 is 11.7 Å². The van der Waals surface area contributed by atoms with E-state index >= 15 is 0 Å². The van der Waals surface area contributed by atoms with Crippen molar-refractivity contribution in [2.45, 2.75) is 27.2 Å². The fourth-order valence-corrected chi connectivity index (χ4v) is 4.38. The molecule has 9 heteroatoms. The Morgan fingerprint density at radius 3 is 2.45 bits per heavy atom. The number of benzene rings is 1. The zero-order valence-corrected chi connectivity index (χ0v) is 19.3. The van der Waals surface area contributed by atoms with E-state index < -0.39 is 11.5 Å². The quantitative estimate of drug-likeness (QED) is 0.657. The van der Waals surface area contributed by atoms with Gasteiger partial charge in [-0.25, -0.2) is 14.2 Å². The van der Waals surface area contributed by atoms with E-state index in [9.17, 15) is 19.1 Å². The molecular weight excluding hydrogens is 425 g/mol. The van der Waals surface area contributed by atoms with E-state index in [-0.39, 0.29) is 23.0 Å². The second-order valence-corrected chi connectivity index (χ2v) is 8.40. The number of hydrogen-bond acceptors (Lipinski definition) is 5. The molecule has 3 aromatic rings. The first-order valence-corrected chi connectivity index (χ1v) is 11.0. The summed E-state index contributed by atoms with van der Waals surface area (Å²) >= 11 is 0. The lowest BCUT2D eigenvalue weighted by Crippen LogP contribution is -2.49. The van der Waals surface area contributed by atoms with E-state index in [2.05, 4.69) is 16.0 Å². The monoisotopic (exact) mass is 453 g/mol. The third-order valence-corrected chi connectivity index (χ3v) is 6.15. The summed E-state index contributed by atoms with van der Waals surface area (Å²) in [5.74, 6) is -0.328. The van der Waals surface area contributed by atoms with E-state index in [0.717, 1.165) is 21.5 Å². The van der Waals surface area contributed by atoms with Gasteiger partial charge in [0.2, 0.25) is 5.88 Å². The van der Waals surface area contributed by atoms with Gasteiger partial charge in [-0.05, 0) is 49.6 Å². The van der Waals surface area contributed by atoms with Gasteiger partial charge in [-0.2, -0.15) is 0 Å². The molecule has 3 heterocycles. The molecule has 1 amide bonds. The van der Waals surface area contributed by atoms with Crippen LogP contribution in [0.2, 0.25) is 0 Å². The number of aromatic hydroxyl groups is 1. The van der Waals surface area contributed by atoms with Crippen LogP contribution < -0.4 is 10.6 Å². The number of halogens is 1. The zero-order valence-electron chi connectivity index (χ0n) is 19.3. The zero-order chi connectivity index (χ0) is 23.9. The van der Waals surface area contributed by atoms with Gasteiger partial charge < -0.3 is 14.9 Å². The van der Waals surface area contributed by atoms with Crippen molar-refractivity contribution in [3.63, 3.8) is 0 Å². The molecule has 1 aliphatic rings. The summed E-state index contributed by atoms with van der Waals surface area (Å²) in [5.41, 5.74) is 2.33. The van der Waals surface area contributed by atoms with E-state index in [1.807, 2.05) is 20.0 Å². The highest BCUT2D eigenvalue weighted by molar-refractivity contribution is 5.95. The Bertz CT molecular complexity index is 1270. The molecule has 0 aliphatic carbocycles. The molecular formula is C24H28FN5O3. The predicted octanol–water partition coefficient (Wildman–Crippen LogP) is 2.56. The van der Waals surface area contributed by atoms with Gasteiger partial charge in [-0.3, -0.25) is 13.9 Å². The molecule has 1 saturated heterocycles. The van der Waals surface area contributed by atoms with E-state index in [1.54, 1.807) is 11.8 Å². The smallest absolute Gasteiger partial charge is 0.335 e. The van der Waals surface area contributed by atoms with Gasteiger partial charge in [0.15, 0.2) is 0 Å². The largest absolute Gasteiger partial charge is 0.493 e. The highest BCUT2D eigenvalue weighted by Crippen LogP contribution is 2.23. The molecule has 174 valence electrons. The van der Waals surface area contributed by atoms with Crippen LogP contribution in [0.3, 0.4) is 0 Å². The van der Waals surface area contributed by atoms with Crippen LogP contribution in [-0.2, 0) is 13.5 Å². The Hall–Kier alpha value is -3.62. The first-order valence-electron chi connectivity index (χ1n) is 11.0.